The number of carbonyl (C=O) groups is 1. The number of hydrogen-bond donors (Lipinski definition) is 1. The Hall–Kier alpha value is -3.32. The Bertz CT molecular complexity index is 1120. The highest BCUT2D eigenvalue weighted by atomic mass is 32.2. The van der Waals surface area contributed by atoms with Gasteiger partial charge in [-0.2, -0.15) is 0 Å². The number of methoxy groups -OCH3 is 1. The molecular weight excluding hydrogens is 424 g/mol. The zero-order valence-electron chi connectivity index (χ0n) is 18.5. The van der Waals surface area contributed by atoms with E-state index in [2.05, 4.69) is 5.32 Å². The quantitative estimate of drug-likeness (QED) is 0.530. The molecule has 0 saturated heterocycles. The van der Waals surface area contributed by atoms with Crippen molar-refractivity contribution in [3.63, 3.8) is 0 Å². The lowest BCUT2D eigenvalue weighted by Gasteiger charge is -2.24. The summed E-state index contributed by atoms with van der Waals surface area (Å²) in [5, 5.41) is 3.09. The number of nitrogens with one attached hydrogen (secondary N) is 1. The average molecular weight is 453 g/mol. The van der Waals surface area contributed by atoms with E-state index in [0.717, 1.165) is 22.9 Å². The number of rotatable bonds is 9. The molecule has 0 spiro atoms. The van der Waals surface area contributed by atoms with Crippen molar-refractivity contribution in [2.24, 2.45) is 0 Å². The Kier molecular flexibility index (Phi) is 7.53. The van der Waals surface area contributed by atoms with E-state index in [0.29, 0.717) is 18.8 Å². The minimum atomic E-state index is -3.49. The smallest absolute Gasteiger partial charge is 0.242 e. The first kappa shape index (κ1) is 23.3. The van der Waals surface area contributed by atoms with Gasteiger partial charge in [0.1, 0.15) is 4.90 Å². The number of sulfone groups is 1. The molecular formula is C25H28N2O4S. The van der Waals surface area contributed by atoms with Crippen LogP contribution in [0.2, 0.25) is 0 Å². The van der Waals surface area contributed by atoms with Crippen LogP contribution in [0, 0.1) is 6.92 Å². The van der Waals surface area contributed by atoms with Crippen molar-refractivity contribution in [3.8, 4) is 5.75 Å². The van der Waals surface area contributed by atoms with E-state index < -0.39 is 9.84 Å². The van der Waals surface area contributed by atoms with E-state index in [1.165, 1.54) is 7.11 Å². The summed E-state index contributed by atoms with van der Waals surface area (Å²) in [6.45, 7) is 2.74. The normalized spacial score (nSPS) is 11.1. The predicted molar refractivity (Wildman–Crippen MR) is 126 cm³/mol. The second-order valence-corrected chi connectivity index (χ2v) is 9.67. The summed E-state index contributed by atoms with van der Waals surface area (Å²) in [5.41, 5.74) is 3.29. The van der Waals surface area contributed by atoms with Crippen molar-refractivity contribution in [2.45, 2.75) is 24.9 Å². The molecule has 0 aliphatic rings. The van der Waals surface area contributed by atoms with Crippen LogP contribution < -0.4 is 10.1 Å². The van der Waals surface area contributed by atoms with Crippen LogP contribution in [-0.4, -0.2) is 39.1 Å². The lowest BCUT2D eigenvalue weighted by atomic mass is 10.1. The van der Waals surface area contributed by atoms with Crippen molar-refractivity contribution in [3.05, 3.63) is 89.5 Å². The Morgan fingerprint density at radius 2 is 1.47 bits per heavy atom. The third kappa shape index (κ3) is 6.11. The van der Waals surface area contributed by atoms with E-state index in [4.69, 9.17) is 4.74 Å². The maximum atomic E-state index is 13.2. The third-order valence-corrected chi connectivity index (χ3v) is 6.12. The van der Waals surface area contributed by atoms with Crippen molar-refractivity contribution in [1.82, 2.24) is 4.90 Å². The SMILES string of the molecule is COc1c(NCC(=O)N(Cc2ccccc2)Cc2ccccc2)cc(C)cc1S(C)(=O)=O. The predicted octanol–water partition coefficient (Wildman–Crippen LogP) is 4.05. The topological polar surface area (TPSA) is 75.7 Å². The first-order valence-electron chi connectivity index (χ1n) is 10.3. The minimum Gasteiger partial charge on any atom is -0.493 e. The first-order valence-corrected chi connectivity index (χ1v) is 12.1. The molecule has 0 aliphatic carbocycles. The second-order valence-electron chi connectivity index (χ2n) is 7.69. The Balaban J connectivity index is 1.82. The fraction of sp³-hybridized carbons (Fsp3) is 0.240. The van der Waals surface area contributed by atoms with Gasteiger partial charge in [0, 0.05) is 19.3 Å². The van der Waals surface area contributed by atoms with Gasteiger partial charge in [0.2, 0.25) is 5.91 Å². The molecule has 0 fully saturated rings. The van der Waals surface area contributed by atoms with Gasteiger partial charge in [0.15, 0.2) is 15.6 Å². The summed E-state index contributed by atoms with van der Waals surface area (Å²) < 4.78 is 29.7. The van der Waals surface area contributed by atoms with Crippen molar-refractivity contribution in [1.29, 1.82) is 0 Å². The van der Waals surface area contributed by atoms with Crippen LogP contribution in [0.25, 0.3) is 0 Å². The molecule has 0 bridgehead atoms. The fourth-order valence-corrected chi connectivity index (χ4v) is 4.41. The van der Waals surface area contributed by atoms with Crippen LogP contribution in [0.4, 0.5) is 5.69 Å². The highest BCUT2D eigenvalue weighted by molar-refractivity contribution is 7.90. The van der Waals surface area contributed by atoms with Crippen LogP contribution in [0.15, 0.2) is 77.7 Å². The molecule has 0 saturated carbocycles. The molecule has 3 rings (SSSR count). The summed E-state index contributed by atoms with van der Waals surface area (Å²) in [6.07, 6.45) is 1.14. The monoisotopic (exact) mass is 452 g/mol. The molecule has 0 radical (unpaired) electrons. The first-order chi connectivity index (χ1) is 15.3. The van der Waals surface area contributed by atoms with E-state index in [-0.39, 0.29) is 23.1 Å². The van der Waals surface area contributed by atoms with Crippen LogP contribution in [0.3, 0.4) is 0 Å². The van der Waals surface area contributed by atoms with Gasteiger partial charge in [0.25, 0.3) is 0 Å². The molecule has 0 aliphatic heterocycles. The Morgan fingerprint density at radius 1 is 0.938 bits per heavy atom. The van der Waals surface area contributed by atoms with E-state index in [1.807, 2.05) is 60.7 Å². The zero-order chi connectivity index (χ0) is 23.1. The molecule has 168 valence electrons. The summed E-state index contributed by atoms with van der Waals surface area (Å²) in [6, 6.07) is 23.0. The Morgan fingerprint density at radius 3 is 1.94 bits per heavy atom. The van der Waals surface area contributed by atoms with Gasteiger partial charge in [-0.25, -0.2) is 8.42 Å². The zero-order valence-corrected chi connectivity index (χ0v) is 19.4. The standard InChI is InChI=1S/C25H28N2O4S/c1-19-14-22(25(31-2)23(15-19)32(3,29)30)26-16-24(28)27(17-20-10-6-4-7-11-20)18-21-12-8-5-9-13-21/h4-15,26H,16-18H2,1-3H3. The van der Waals surface area contributed by atoms with Gasteiger partial charge < -0.3 is 15.0 Å². The van der Waals surface area contributed by atoms with Crippen molar-refractivity contribution >= 4 is 21.4 Å². The molecule has 32 heavy (non-hydrogen) atoms. The number of ether oxygens (including phenoxy) is 1. The fourth-order valence-electron chi connectivity index (χ4n) is 3.48. The van der Waals surface area contributed by atoms with Gasteiger partial charge in [-0.3, -0.25) is 4.79 Å². The van der Waals surface area contributed by atoms with Gasteiger partial charge in [-0.05, 0) is 35.7 Å². The molecule has 0 aromatic heterocycles. The van der Waals surface area contributed by atoms with Gasteiger partial charge in [-0.15, -0.1) is 0 Å². The van der Waals surface area contributed by atoms with Crippen LogP contribution in [-0.2, 0) is 27.7 Å². The molecule has 0 atom stereocenters. The maximum absolute atomic E-state index is 13.2. The summed E-state index contributed by atoms with van der Waals surface area (Å²) in [5.74, 6) is 0.103. The van der Waals surface area contributed by atoms with Crippen LogP contribution >= 0.6 is 0 Å². The highest BCUT2D eigenvalue weighted by Gasteiger charge is 2.20. The third-order valence-electron chi connectivity index (χ3n) is 5.02. The lowest BCUT2D eigenvalue weighted by Crippen LogP contribution is -2.34. The Labute approximate surface area is 189 Å². The minimum absolute atomic E-state index is 0.00266. The molecule has 6 nitrogen and oxygen atoms in total. The molecule has 3 aromatic rings. The number of amides is 1. The number of anilines is 1. The lowest BCUT2D eigenvalue weighted by molar-refractivity contribution is -0.130. The number of benzene rings is 3. The van der Waals surface area contributed by atoms with Gasteiger partial charge >= 0.3 is 0 Å². The van der Waals surface area contributed by atoms with Crippen molar-refractivity contribution < 1.29 is 17.9 Å². The molecule has 1 N–H and O–H groups in total. The largest absolute Gasteiger partial charge is 0.493 e. The molecule has 0 heterocycles. The number of hydrogen-bond acceptors (Lipinski definition) is 5. The number of carbonyl (C=O) groups excluding carboxylic acids is 1. The highest BCUT2D eigenvalue weighted by Crippen LogP contribution is 2.33. The second kappa shape index (κ2) is 10.3. The summed E-state index contributed by atoms with van der Waals surface area (Å²) >= 11 is 0. The summed E-state index contributed by atoms with van der Waals surface area (Å²) in [7, 11) is -2.07. The van der Waals surface area contributed by atoms with Crippen molar-refractivity contribution in [2.75, 3.05) is 25.2 Å². The van der Waals surface area contributed by atoms with Gasteiger partial charge in [0.05, 0.1) is 19.3 Å². The number of nitrogens with zero attached hydrogens (tertiary/aromatic N) is 1. The maximum Gasteiger partial charge on any atom is 0.242 e. The summed E-state index contributed by atoms with van der Waals surface area (Å²) in [4.78, 5) is 15.1. The molecule has 3 aromatic carbocycles. The van der Waals surface area contributed by atoms with E-state index in [9.17, 15) is 13.2 Å². The van der Waals surface area contributed by atoms with Gasteiger partial charge in [-0.1, -0.05) is 60.7 Å². The molecule has 1 amide bonds. The van der Waals surface area contributed by atoms with Crippen LogP contribution in [0.1, 0.15) is 16.7 Å². The van der Waals surface area contributed by atoms with Crippen LogP contribution in [0.5, 0.6) is 5.75 Å². The van der Waals surface area contributed by atoms with E-state index >= 15 is 0 Å². The molecule has 7 heteroatoms. The number of aryl methyl sites for hydroxylation is 1. The molecule has 0 unspecified atom stereocenters. The van der Waals surface area contributed by atoms with E-state index in [1.54, 1.807) is 24.0 Å². The average Bonchev–Trinajstić information content (AvgIpc) is 2.77.